The first kappa shape index (κ1) is 35.1. The van der Waals surface area contributed by atoms with Crippen LogP contribution < -0.4 is 4.90 Å². The van der Waals surface area contributed by atoms with Gasteiger partial charge in [-0.25, -0.2) is 0 Å². The molecule has 2 aliphatic carbocycles. The molecule has 10 aromatic rings. The van der Waals surface area contributed by atoms with Gasteiger partial charge < -0.3 is 4.90 Å². The van der Waals surface area contributed by atoms with Crippen LogP contribution in [0.2, 0.25) is 0 Å². The summed E-state index contributed by atoms with van der Waals surface area (Å²) in [6, 6.07) is 93.8. The van der Waals surface area contributed by atoms with Crippen molar-refractivity contribution in [3.05, 3.63) is 293 Å². The van der Waals surface area contributed by atoms with Crippen LogP contribution in [0, 0.1) is 12.1 Å². The maximum atomic E-state index is 3.63. The minimum Gasteiger partial charge on any atom is -0.310 e. The van der Waals surface area contributed by atoms with E-state index in [1.807, 2.05) is 6.07 Å². The fourth-order valence-electron chi connectivity index (χ4n) is 11.0. The summed E-state index contributed by atoms with van der Waals surface area (Å²) < 4.78 is 0. The molecule has 0 N–H and O–H groups in total. The SMILES string of the molecule is c1cccc(C2(c3ccccc3)c3ccccc3C3(c4ccccc4-c4c(-c5cccc6c(N(c7ccccc7)c7ccccc7)cccc56)cccc43)c3ccccc32)c#1. The summed E-state index contributed by atoms with van der Waals surface area (Å²) >= 11 is 0. The van der Waals surface area contributed by atoms with Crippen LogP contribution in [0.1, 0.15) is 44.5 Å². The molecule has 0 heterocycles. The summed E-state index contributed by atoms with van der Waals surface area (Å²) in [6.45, 7) is 0. The smallest absolute Gasteiger partial charge is 0.0787 e. The Morgan fingerprint density at radius 1 is 0.328 bits per heavy atom. The van der Waals surface area contributed by atoms with Gasteiger partial charge in [-0.05, 0) is 109 Å². The predicted molar refractivity (Wildman–Crippen MR) is 251 cm³/mol. The largest absolute Gasteiger partial charge is 0.310 e. The van der Waals surface area contributed by atoms with E-state index in [-0.39, 0.29) is 0 Å². The molecule has 12 rings (SSSR count). The van der Waals surface area contributed by atoms with Gasteiger partial charge in [0.25, 0.3) is 0 Å². The summed E-state index contributed by atoms with van der Waals surface area (Å²) in [4.78, 5) is 2.38. The molecule has 0 atom stereocenters. The molecule has 0 fully saturated rings. The molecule has 0 bridgehead atoms. The lowest BCUT2D eigenvalue weighted by molar-refractivity contribution is 0.624. The molecule has 284 valence electrons. The van der Waals surface area contributed by atoms with Gasteiger partial charge in [-0.1, -0.05) is 206 Å². The lowest BCUT2D eigenvalue weighted by atomic mass is 9.51. The van der Waals surface area contributed by atoms with Gasteiger partial charge in [-0.15, -0.1) is 0 Å². The maximum absolute atomic E-state index is 3.63. The first-order valence-electron chi connectivity index (χ1n) is 21.1. The van der Waals surface area contributed by atoms with Crippen LogP contribution in [0.3, 0.4) is 0 Å². The van der Waals surface area contributed by atoms with E-state index in [0.29, 0.717) is 0 Å². The predicted octanol–water partition coefficient (Wildman–Crippen LogP) is 14.6. The van der Waals surface area contributed by atoms with Crippen LogP contribution in [0.25, 0.3) is 33.0 Å². The average Bonchev–Trinajstić information content (AvgIpc) is 3.64. The lowest BCUT2D eigenvalue weighted by Gasteiger charge is -2.49. The third-order valence-corrected chi connectivity index (χ3v) is 13.3. The van der Waals surface area contributed by atoms with Crippen LogP contribution in [-0.4, -0.2) is 0 Å². The fourth-order valence-corrected chi connectivity index (χ4v) is 11.0. The third-order valence-electron chi connectivity index (χ3n) is 13.3. The highest BCUT2D eigenvalue weighted by Gasteiger charge is 2.57. The van der Waals surface area contributed by atoms with E-state index >= 15 is 0 Å². The van der Waals surface area contributed by atoms with E-state index in [9.17, 15) is 0 Å². The zero-order valence-electron chi connectivity index (χ0n) is 33.5. The molecule has 1 nitrogen and oxygen atoms in total. The highest BCUT2D eigenvalue weighted by atomic mass is 15.1. The summed E-state index contributed by atoms with van der Waals surface area (Å²) in [6.07, 6.45) is 0. The lowest BCUT2D eigenvalue weighted by Crippen LogP contribution is -2.44. The van der Waals surface area contributed by atoms with E-state index in [1.54, 1.807) is 0 Å². The zero-order chi connectivity index (χ0) is 40.4. The molecular weight excluding hydrogens is 735 g/mol. The van der Waals surface area contributed by atoms with E-state index in [0.717, 1.165) is 22.6 Å². The van der Waals surface area contributed by atoms with Crippen molar-refractivity contribution >= 4 is 27.8 Å². The normalized spacial score (nSPS) is 13.7. The Labute approximate surface area is 357 Å². The van der Waals surface area contributed by atoms with E-state index < -0.39 is 10.8 Å². The molecule has 2 aliphatic rings. The second-order valence-electron chi connectivity index (χ2n) is 16.1. The summed E-state index contributed by atoms with van der Waals surface area (Å²) in [5.74, 6) is 0. The molecule has 0 radical (unpaired) electrons. The number of nitrogens with zero attached hydrogens (tertiary/aromatic N) is 1. The van der Waals surface area contributed by atoms with Crippen molar-refractivity contribution in [3.8, 4) is 22.3 Å². The quantitative estimate of drug-likeness (QED) is 0.163. The molecule has 0 saturated heterocycles. The number of hydrogen-bond acceptors (Lipinski definition) is 1. The Balaban J connectivity index is 1.15. The van der Waals surface area contributed by atoms with Gasteiger partial charge in [-0.2, -0.15) is 0 Å². The Hall–Kier alpha value is -7.92. The molecule has 0 saturated carbocycles. The number of para-hydroxylation sites is 2. The molecule has 1 spiro atoms. The van der Waals surface area contributed by atoms with Crippen molar-refractivity contribution in [2.75, 3.05) is 4.90 Å². The average molecular weight is 774 g/mol. The van der Waals surface area contributed by atoms with Crippen molar-refractivity contribution in [2.45, 2.75) is 10.8 Å². The molecule has 0 aliphatic heterocycles. The van der Waals surface area contributed by atoms with Gasteiger partial charge in [0.05, 0.1) is 16.5 Å². The number of rotatable bonds is 6. The highest BCUT2D eigenvalue weighted by molar-refractivity contribution is 6.09. The summed E-state index contributed by atoms with van der Waals surface area (Å²) in [5, 5.41) is 2.41. The fraction of sp³-hybridized carbons (Fsp3) is 0.0333. The van der Waals surface area contributed by atoms with Crippen LogP contribution in [0.15, 0.2) is 237 Å². The van der Waals surface area contributed by atoms with Gasteiger partial charge in [0, 0.05) is 22.3 Å². The van der Waals surface area contributed by atoms with Crippen molar-refractivity contribution in [3.63, 3.8) is 0 Å². The molecule has 0 unspecified atom stereocenters. The van der Waals surface area contributed by atoms with Crippen molar-refractivity contribution in [1.82, 2.24) is 0 Å². The van der Waals surface area contributed by atoms with Crippen molar-refractivity contribution in [2.24, 2.45) is 0 Å². The summed E-state index contributed by atoms with van der Waals surface area (Å²) in [7, 11) is 0. The second kappa shape index (κ2) is 13.8. The molecule has 0 aromatic heterocycles. The number of hydrogen-bond donors (Lipinski definition) is 0. The standard InChI is InChI=1S/C60H39N/c1-5-22-42(23-6-1)59(43-24-7-2-8-25-43)52-36-15-17-38-54(52)60(55-39-18-16-37-53(55)59)51-35-14-13-30-50(51)58-49(34-20-40-56(58)60)47-31-19-33-48-46(47)32-21-41-57(48)61(44-26-9-3-10-27-44)45-28-11-4-12-29-45/h1-7,9-24,26-41H. The minimum absolute atomic E-state index is 0.584. The van der Waals surface area contributed by atoms with E-state index in [4.69, 9.17) is 0 Å². The zero-order valence-corrected chi connectivity index (χ0v) is 33.5. The second-order valence-corrected chi connectivity index (χ2v) is 16.1. The van der Waals surface area contributed by atoms with Gasteiger partial charge in [0.15, 0.2) is 0 Å². The Kier molecular flexibility index (Phi) is 7.96. The molecule has 61 heavy (non-hydrogen) atoms. The van der Waals surface area contributed by atoms with Gasteiger partial charge in [-0.3, -0.25) is 0 Å². The first-order valence-corrected chi connectivity index (χ1v) is 21.1. The van der Waals surface area contributed by atoms with Gasteiger partial charge >= 0.3 is 0 Å². The first-order chi connectivity index (χ1) is 30.3. The molecule has 0 amide bonds. The van der Waals surface area contributed by atoms with Gasteiger partial charge in [0.2, 0.25) is 0 Å². The van der Waals surface area contributed by atoms with Crippen molar-refractivity contribution < 1.29 is 0 Å². The molecule has 10 aromatic carbocycles. The van der Waals surface area contributed by atoms with Crippen LogP contribution in [0.4, 0.5) is 17.1 Å². The Morgan fingerprint density at radius 2 is 0.820 bits per heavy atom. The highest BCUT2D eigenvalue weighted by Crippen LogP contribution is 2.65. The van der Waals surface area contributed by atoms with Crippen LogP contribution in [-0.2, 0) is 10.8 Å². The van der Waals surface area contributed by atoms with Crippen LogP contribution in [0.5, 0.6) is 0 Å². The number of benzene rings is 9. The molecule has 1 heteroatoms. The number of fused-ring (bicyclic) bond motifs is 10. The minimum atomic E-state index is -0.623. The summed E-state index contributed by atoms with van der Waals surface area (Å²) in [5.41, 5.74) is 17.2. The molecular formula is C60H39N. The van der Waals surface area contributed by atoms with Crippen LogP contribution >= 0.6 is 0 Å². The number of anilines is 3. The monoisotopic (exact) mass is 773 g/mol. The topological polar surface area (TPSA) is 3.24 Å². The Morgan fingerprint density at radius 3 is 1.46 bits per heavy atom. The maximum Gasteiger partial charge on any atom is 0.0787 e. The van der Waals surface area contributed by atoms with E-state index in [2.05, 4.69) is 248 Å². The Bertz CT molecular complexity index is 3110. The third kappa shape index (κ3) is 4.91. The van der Waals surface area contributed by atoms with Crippen molar-refractivity contribution in [1.29, 1.82) is 0 Å². The van der Waals surface area contributed by atoms with E-state index in [1.165, 1.54) is 72.0 Å². The van der Waals surface area contributed by atoms with Gasteiger partial charge in [0.1, 0.15) is 0 Å².